The summed E-state index contributed by atoms with van der Waals surface area (Å²) >= 11 is 0. The van der Waals surface area contributed by atoms with Crippen LogP contribution in [0.5, 0.6) is 0 Å². The lowest BCUT2D eigenvalue weighted by atomic mass is 10.1. The van der Waals surface area contributed by atoms with Crippen molar-refractivity contribution in [3.8, 4) is 0 Å². The lowest BCUT2D eigenvalue weighted by Crippen LogP contribution is -2.30. The van der Waals surface area contributed by atoms with Crippen molar-refractivity contribution in [3.63, 3.8) is 0 Å². The number of nitrogens with one attached hydrogen (secondary N) is 1. The van der Waals surface area contributed by atoms with E-state index in [9.17, 15) is 4.79 Å². The van der Waals surface area contributed by atoms with Gasteiger partial charge in [-0.05, 0) is 37.5 Å². The molecule has 0 spiro atoms. The molecule has 22 heavy (non-hydrogen) atoms. The number of rotatable bonds is 5. The Morgan fingerprint density at radius 1 is 1.23 bits per heavy atom. The summed E-state index contributed by atoms with van der Waals surface area (Å²) in [7, 11) is 0. The molecule has 2 aromatic rings. The molecule has 3 rings (SSSR count). The van der Waals surface area contributed by atoms with Crippen molar-refractivity contribution in [2.24, 2.45) is 0 Å². The second-order valence-corrected chi connectivity index (χ2v) is 5.52. The largest absolute Gasteiger partial charge is 0.357 e. The molecular weight excluding hydrogens is 278 g/mol. The molecule has 0 saturated carbocycles. The minimum absolute atomic E-state index is 0.0250. The fourth-order valence-corrected chi connectivity index (χ4v) is 2.64. The molecular formula is C16H21N5O. The molecule has 1 aliphatic rings. The molecule has 3 heterocycles. The summed E-state index contributed by atoms with van der Waals surface area (Å²) in [5.74, 6) is 0.970. The number of aromatic nitrogens is 3. The van der Waals surface area contributed by atoms with Crippen LogP contribution in [-0.2, 0) is 11.3 Å². The van der Waals surface area contributed by atoms with E-state index in [1.165, 1.54) is 19.3 Å². The van der Waals surface area contributed by atoms with Crippen molar-refractivity contribution in [2.45, 2.75) is 32.2 Å². The van der Waals surface area contributed by atoms with Crippen LogP contribution < -0.4 is 10.2 Å². The van der Waals surface area contributed by atoms with Gasteiger partial charge in [0.1, 0.15) is 5.82 Å². The highest BCUT2D eigenvalue weighted by Crippen LogP contribution is 2.18. The third-order valence-corrected chi connectivity index (χ3v) is 3.84. The van der Waals surface area contributed by atoms with Crippen LogP contribution in [0.15, 0.2) is 36.8 Å². The number of amides is 1. The van der Waals surface area contributed by atoms with Gasteiger partial charge in [0.25, 0.3) is 0 Å². The molecule has 6 nitrogen and oxygen atoms in total. The first-order valence-corrected chi connectivity index (χ1v) is 7.79. The minimum atomic E-state index is -0.0250. The Morgan fingerprint density at radius 3 is 2.77 bits per heavy atom. The molecule has 1 aliphatic heterocycles. The van der Waals surface area contributed by atoms with Crippen LogP contribution >= 0.6 is 0 Å². The van der Waals surface area contributed by atoms with Gasteiger partial charge in [0.15, 0.2) is 0 Å². The standard InChI is InChI=1S/C16H21N5O/c22-16(7-12-21-11-4-8-18-21)19-14-5-6-15(17-13-14)20-9-2-1-3-10-20/h4-6,8,11,13H,1-3,7,9-10,12H2,(H,19,22). The molecule has 6 heteroatoms. The van der Waals surface area contributed by atoms with Gasteiger partial charge >= 0.3 is 0 Å². The van der Waals surface area contributed by atoms with Gasteiger partial charge in [-0.25, -0.2) is 4.98 Å². The fraction of sp³-hybridized carbons (Fsp3) is 0.438. The molecule has 0 bridgehead atoms. The second kappa shape index (κ2) is 7.06. The number of hydrogen-bond acceptors (Lipinski definition) is 4. The van der Waals surface area contributed by atoms with Gasteiger partial charge in [-0.15, -0.1) is 0 Å². The van der Waals surface area contributed by atoms with Crippen LogP contribution in [0.2, 0.25) is 0 Å². The number of piperidine rings is 1. The molecule has 0 atom stereocenters. The topological polar surface area (TPSA) is 63.1 Å². The lowest BCUT2D eigenvalue weighted by Gasteiger charge is -2.27. The average Bonchev–Trinajstić information content (AvgIpc) is 3.08. The Morgan fingerprint density at radius 2 is 2.09 bits per heavy atom. The van der Waals surface area contributed by atoms with Gasteiger partial charge in [0.05, 0.1) is 11.9 Å². The maximum Gasteiger partial charge on any atom is 0.226 e. The Balaban J connectivity index is 1.50. The van der Waals surface area contributed by atoms with E-state index in [1.54, 1.807) is 17.1 Å². The molecule has 0 aromatic carbocycles. The highest BCUT2D eigenvalue weighted by Gasteiger charge is 2.12. The van der Waals surface area contributed by atoms with Crippen LogP contribution in [0.1, 0.15) is 25.7 Å². The molecule has 116 valence electrons. The van der Waals surface area contributed by atoms with Gasteiger partial charge in [0.2, 0.25) is 5.91 Å². The summed E-state index contributed by atoms with van der Waals surface area (Å²) in [6.45, 7) is 2.73. The van der Waals surface area contributed by atoms with Crippen molar-refractivity contribution in [1.82, 2.24) is 14.8 Å². The van der Waals surface area contributed by atoms with Crippen LogP contribution in [0.4, 0.5) is 11.5 Å². The van der Waals surface area contributed by atoms with E-state index in [4.69, 9.17) is 0 Å². The second-order valence-electron chi connectivity index (χ2n) is 5.52. The van der Waals surface area contributed by atoms with Crippen LogP contribution in [0.25, 0.3) is 0 Å². The van der Waals surface area contributed by atoms with Crippen LogP contribution in [0.3, 0.4) is 0 Å². The Labute approximate surface area is 130 Å². The smallest absolute Gasteiger partial charge is 0.226 e. The third-order valence-electron chi connectivity index (χ3n) is 3.84. The van der Waals surface area contributed by atoms with Gasteiger partial charge in [0, 0.05) is 38.4 Å². The highest BCUT2D eigenvalue weighted by molar-refractivity contribution is 5.90. The molecule has 1 fully saturated rings. The predicted octanol–water partition coefficient (Wildman–Crippen LogP) is 2.30. The van der Waals surface area contributed by atoms with Crippen molar-refractivity contribution < 1.29 is 4.79 Å². The lowest BCUT2D eigenvalue weighted by molar-refractivity contribution is -0.116. The fourth-order valence-electron chi connectivity index (χ4n) is 2.64. The number of anilines is 2. The first-order chi connectivity index (χ1) is 10.8. The summed E-state index contributed by atoms with van der Waals surface area (Å²) in [4.78, 5) is 18.7. The van der Waals surface area contributed by atoms with Crippen LogP contribution in [-0.4, -0.2) is 33.8 Å². The first-order valence-electron chi connectivity index (χ1n) is 7.79. The van der Waals surface area contributed by atoms with Gasteiger partial charge in [-0.1, -0.05) is 0 Å². The molecule has 1 amide bonds. The summed E-state index contributed by atoms with van der Waals surface area (Å²) < 4.78 is 1.75. The summed E-state index contributed by atoms with van der Waals surface area (Å²) in [6, 6.07) is 5.75. The van der Waals surface area contributed by atoms with E-state index in [2.05, 4.69) is 20.3 Å². The number of pyridine rings is 1. The number of carbonyl (C=O) groups excluding carboxylic acids is 1. The van der Waals surface area contributed by atoms with Gasteiger partial charge in [-0.2, -0.15) is 5.10 Å². The summed E-state index contributed by atoms with van der Waals surface area (Å²) in [6.07, 6.45) is 9.46. The number of hydrogen-bond donors (Lipinski definition) is 1. The van der Waals surface area contributed by atoms with Gasteiger partial charge < -0.3 is 10.2 Å². The van der Waals surface area contributed by atoms with E-state index >= 15 is 0 Å². The number of aryl methyl sites for hydroxylation is 1. The maximum atomic E-state index is 11.9. The molecule has 0 unspecified atom stereocenters. The molecule has 0 aliphatic carbocycles. The van der Waals surface area contributed by atoms with E-state index < -0.39 is 0 Å². The monoisotopic (exact) mass is 299 g/mol. The minimum Gasteiger partial charge on any atom is -0.357 e. The Bertz CT molecular complexity index is 588. The molecule has 1 saturated heterocycles. The summed E-state index contributed by atoms with van der Waals surface area (Å²) in [5.41, 5.74) is 0.742. The molecule has 1 N–H and O–H groups in total. The zero-order valence-electron chi connectivity index (χ0n) is 12.6. The zero-order valence-corrected chi connectivity index (χ0v) is 12.6. The number of carbonyl (C=O) groups is 1. The molecule has 0 radical (unpaired) electrons. The quantitative estimate of drug-likeness (QED) is 0.920. The predicted molar refractivity (Wildman–Crippen MR) is 85.8 cm³/mol. The van der Waals surface area contributed by atoms with E-state index in [0.717, 1.165) is 24.6 Å². The first kappa shape index (κ1) is 14.6. The Kier molecular flexibility index (Phi) is 4.68. The SMILES string of the molecule is O=C(CCn1cccn1)Nc1ccc(N2CCCCC2)nc1. The normalized spacial score (nSPS) is 14.8. The van der Waals surface area contributed by atoms with Crippen molar-refractivity contribution in [1.29, 1.82) is 0 Å². The Hall–Kier alpha value is -2.37. The van der Waals surface area contributed by atoms with Gasteiger partial charge in [-0.3, -0.25) is 9.48 Å². The highest BCUT2D eigenvalue weighted by atomic mass is 16.1. The average molecular weight is 299 g/mol. The maximum absolute atomic E-state index is 11.9. The zero-order chi connectivity index (χ0) is 15.2. The van der Waals surface area contributed by atoms with Crippen molar-refractivity contribution in [3.05, 3.63) is 36.8 Å². The van der Waals surface area contributed by atoms with E-state index in [1.807, 2.05) is 24.4 Å². The number of nitrogens with zero attached hydrogens (tertiary/aromatic N) is 4. The summed E-state index contributed by atoms with van der Waals surface area (Å²) in [5, 5.41) is 6.95. The van der Waals surface area contributed by atoms with Crippen molar-refractivity contribution in [2.75, 3.05) is 23.3 Å². The van der Waals surface area contributed by atoms with Crippen LogP contribution in [0, 0.1) is 0 Å². The third kappa shape index (κ3) is 3.84. The van der Waals surface area contributed by atoms with Crippen molar-refractivity contribution >= 4 is 17.4 Å². The van der Waals surface area contributed by atoms with E-state index in [-0.39, 0.29) is 5.91 Å². The van der Waals surface area contributed by atoms with E-state index in [0.29, 0.717) is 13.0 Å². The molecule has 2 aromatic heterocycles.